The number of piperidine rings is 1. The quantitative estimate of drug-likeness (QED) is 0.401. The van der Waals surface area contributed by atoms with Gasteiger partial charge in [-0.3, -0.25) is 4.99 Å². The van der Waals surface area contributed by atoms with Crippen molar-refractivity contribution >= 4 is 17.3 Å². The van der Waals surface area contributed by atoms with Crippen molar-refractivity contribution in [1.82, 2.24) is 20.5 Å². The molecule has 1 aliphatic rings. The van der Waals surface area contributed by atoms with Gasteiger partial charge in [0.25, 0.3) is 0 Å². The normalized spacial score (nSPS) is 17.0. The molecule has 142 valence electrons. The van der Waals surface area contributed by atoms with Crippen LogP contribution >= 0.6 is 11.3 Å². The van der Waals surface area contributed by atoms with Crippen LogP contribution in [0.15, 0.2) is 11.2 Å². The molecule has 0 radical (unpaired) electrons. The van der Waals surface area contributed by atoms with Crippen molar-refractivity contribution in [3.63, 3.8) is 0 Å². The van der Waals surface area contributed by atoms with Crippen molar-refractivity contribution in [3.05, 3.63) is 16.1 Å². The molecule has 0 atom stereocenters. The highest BCUT2D eigenvalue weighted by Crippen LogP contribution is 2.16. The standard InChI is InChI=1S/C19H35N5S/c1-4-17-15-23-18(25-17)7-11-22-19(20-3)21-10-5-6-12-24-13-8-16(2)9-14-24/h15-16H,4-14H2,1-3H3,(H2,20,21,22). The monoisotopic (exact) mass is 365 g/mol. The molecule has 1 aromatic heterocycles. The third-order valence-corrected chi connectivity index (χ3v) is 6.08. The first kappa shape index (κ1) is 20.2. The molecule has 2 rings (SSSR count). The van der Waals surface area contributed by atoms with Crippen LogP contribution in [0.5, 0.6) is 0 Å². The fourth-order valence-electron chi connectivity index (χ4n) is 3.09. The van der Waals surface area contributed by atoms with Gasteiger partial charge in [0, 0.05) is 37.6 Å². The lowest BCUT2D eigenvalue weighted by Gasteiger charge is -2.30. The van der Waals surface area contributed by atoms with E-state index in [1.807, 2.05) is 24.6 Å². The summed E-state index contributed by atoms with van der Waals surface area (Å²) in [6, 6.07) is 0. The van der Waals surface area contributed by atoms with Crippen LogP contribution in [0.2, 0.25) is 0 Å². The first-order valence-corrected chi connectivity index (χ1v) is 10.6. The number of thiazole rings is 1. The van der Waals surface area contributed by atoms with Crippen molar-refractivity contribution in [2.75, 3.05) is 39.8 Å². The van der Waals surface area contributed by atoms with E-state index in [1.54, 1.807) is 0 Å². The van der Waals surface area contributed by atoms with Crippen LogP contribution < -0.4 is 10.6 Å². The molecule has 0 saturated carbocycles. The zero-order valence-electron chi connectivity index (χ0n) is 16.2. The van der Waals surface area contributed by atoms with E-state index in [4.69, 9.17) is 0 Å². The van der Waals surface area contributed by atoms with Gasteiger partial charge in [-0.25, -0.2) is 4.98 Å². The molecule has 0 bridgehead atoms. The number of aryl methyl sites for hydroxylation is 1. The minimum atomic E-state index is 0.877. The number of aromatic nitrogens is 1. The van der Waals surface area contributed by atoms with Gasteiger partial charge in [-0.1, -0.05) is 13.8 Å². The second-order valence-electron chi connectivity index (χ2n) is 6.98. The maximum Gasteiger partial charge on any atom is 0.190 e. The number of nitrogens with one attached hydrogen (secondary N) is 2. The summed E-state index contributed by atoms with van der Waals surface area (Å²) in [5.41, 5.74) is 0. The van der Waals surface area contributed by atoms with Crippen LogP contribution in [0.3, 0.4) is 0 Å². The second-order valence-corrected chi connectivity index (χ2v) is 8.18. The van der Waals surface area contributed by atoms with Gasteiger partial charge in [-0.15, -0.1) is 11.3 Å². The minimum absolute atomic E-state index is 0.877. The summed E-state index contributed by atoms with van der Waals surface area (Å²) in [4.78, 5) is 12.7. The Morgan fingerprint density at radius 2 is 2.04 bits per heavy atom. The molecule has 25 heavy (non-hydrogen) atoms. The second kappa shape index (κ2) is 11.5. The lowest BCUT2D eigenvalue weighted by molar-refractivity contribution is 0.189. The van der Waals surface area contributed by atoms with Gasteiger partial charge in [0.1, 0.15) is 0 Å². The van der Waals surface area contributed by atoms with E-state index in [-0.39, 0.29) is 0 Å². The van der Waals surface area contributed by atoms with E-state index in [1.165, 1.54) is 55.2 Å². The van der Waals surface area contributed by atoms with E-state index in [9.17, 15) is 0 Å². The summed E-state index contributed by atoms with van der Waals surface area (Å²) in [6.45, 7) is 10.2. The van der Waals surface area contributed by atoms with E-state index in [0.29, 0.717) is 0 Å². The Labute approximate surface area is 157 Å². The molecule has 0 amide bonds. The fraction of sp³-hybridized carbons (Fsp3) is 0.789. The van der Waals surface area contributed by atoms with E-state index >= 15 is 0 Å². The summed E-state index contributed by atoms with van der Waals surface area (Å²) in [7, 11) is 1.84. The van der Waals surface area contributed by atoms with Gasteiger partial charge in [-0.2, -0.15) is 0 Å². The zero-order chi connectivity index (χ0) is 17.9. The Bertz CT molecular complexity index is 506. The lowest BCUT2D eigenvalue weighted by atomic mass is 9.99. The average Bonchev–Trinajstić information content (AvgIpc) is 3.09. The van der Waals surface area contributed by atoms with Gasteiger partial charge in [-0.05, 0) is 57.7 Å². The fourth-order valence-corrected chi connectivity index (χ4v) is 3.95. The van der Waals surface area contributed by atoms with Crippen molar-refractivity contribution in [2.24, 2.45) is 10.9 Å². The number of likely N-dealkylation sites (tertiary alicyclic amines) is 1. The number of aliphatic imine (C=N–C) groups is 1. The van der Waals surface area contributed by atoms with Crippen LogP contribution in [-0.4, -0.2) is 55.6 Å². The van der Waals surface area contributed by atoms with Crippen LogP contribution in [0.1, 0.15) is 49.4 Å². The van der Waals surface area contributed by atoms with Crippen LogP contribution in [-0.2, 0) is 12.8 Å². The SMILES string of the molecule is CCc1cnc(CCNC(=NC)NCCCCN2CCC(C)CC2)s1. The Morgan fingerprint density at radius 3 is 2.72 bits per heavy atom. The lowest BCUT2D eigenvalue weighted by Crippen LogP contribution is -2.39. The van der Waals surface area contributed by atoms with Gasteiger partial charge >= 0.3 is 0 Å². The molecular formula is C19H35N5S. The summed E-state index contributed by atoms with van der Waals surface area (Å²) in [5.74, 6) is 1.82. The van der Waals surface area contributed by atoms with E-state index in [2.05, 4.69) is 39.4 Å². The molecule has 1 saturated heterocycles. The number of nitrogens with zero attached hydrogens (tertiary/aromatic N) is 3. The van der Waals surface area contributed by atoms with Gasteiger partial charge in [0.05, 0.1) is 5.01 Å². The highest BCUT2D eigenvalue weighted by atomic mass is 32.1. The number of rotatable bonds is 9. The number of guanidine groups is 1. The summed E-state index contributed by atoms with van der Waals surface area (Å²) in [6.07, 6.45) is 9.22. The summed E-state index contributed by atoms with van der Waals surface area (Å²) >= 11 is 1.81. The maximum atomic E-state index is 4.46. The Kier molecular flexibility index (Phi) is 9.26. The summed E-state index contributed by atoms with van der Waals surface area (Å²) < 4.78 is 0. The van der Waals surface area contributed by atoms with Gasteiger partial charge in [0.2, 0.25) is 0 Å². The third kappa shape index (κ3) is 7.74. The first-order chi connectivity index (χ1) is 12.2. The Morgan fingerprint density at radius 1 is 1.28 bits per heavy atom. The predicted octanol–water partition coefficient (Wildman–Crippen LogP) is 2.93. The molecule has 2 heterocycles. The smallest absolute Gasteiger partial charge is 0.190 e. The maximum absolute atomic E-state index is 4.46. The largest absolute Gasteiger partial charge is 0.356 e. The van der Waals surface area contributed by atoms with E-state index in [0.717, 1.165) is 37.8 Å². The molecule has 6 heteroatoms. The first-order valence-electron chi connectivity index (χ1n) is 9.81. The highest BCUT2D eigenvalue weighted by molar-refractivity contribution is 7.11. The zero-order valence-corrected chi connectivity index (χ0v) is 17.0. The third-order valence-electron chi connectivity index (χ3n) is 4.87. The molecule has 0 aliphatic carbocycles. The van der Waals surface area contributed by atoms with Crippen molar-refractivity contribution in [2.45, 2.75) is 52.4 Å². The molecular weight excluding hydrogens is 330 g/mol. The topological polar surface area (TPSA) is 52.6 Å². The predicted molar refractivity (Wildman–Crippen MR) is 109 cm³/mol. The van der Waals surface area contributed by atoms with E-state index < -0.39 is 0 Å². The molecule has 1 aliphatic heterocycles. The Hall–Kier alpha value is -1.14. The van der Waals surface area contributed by atoms with Crippen LogP contribution in [0.25, 0.3) is 0 Å². The van der Waals surface area contributed by atoms with Gasteiger partial charge in [0.15, 0.2) is 5.96 Å². The molecule has 2 N–H and O–H groups in total. The van der Waals surface area contributed by atoms with Crippen molar-refractivity contribution in [3.8, 4) is 0 Å². The number of hydrogen-bond donors (Lipinski definition) is 2. The molecule has 0 aromatic carbocycles. The van der Waals surface area contributed by atoms with Gasteiger partial charge < -0.3 is 15.5 Å². The van der Waals surface area contributed by atoms with Crippen molar-refractivity contribution in [1.29, 1.82) is 0 Å². The van der Waals surface area contributed by atoms with Crippen LogP contribution in [0.4, 0.5) is 0 Å². The Balaban J connectivity index is 1.51. The van der Waals surface area contributed by atoms with Crippen LogP contribution in [0, 0.1) is 5.92 Å². The summed E-state index contributed by atoms with van der Waals surface area (Å²) in [5, 5.41) is 8.01. The molecule has 5 nitrogen and oxygen atoms in total. The number of unbranched alkanes of at least 4 members (excludes halogenated alkanes) is 1. The molecule has 1 fully saturated rings. The molecule has 0 spiro atoms. The number of hydrogen-bond acceptors (Lipinski definition) is 4. The molecule has 0 unspecified atom stereocenters. The minimum Gasteiger partial charge on any atom is -0.356 e. The molecule has 1 aromatic rings. The average molecular weight is 366 g/mol. The highest BCUT2D eigenvalue weighted by Gasteiger charge is 2.14. The van der Waals surface area contributed by atoms with Crippen molar-refractivity contribution < 1.29 is 0 Å².